The number of aromatic nitrogens is 1. The fraction of sp³-hybridized carbons (Fsp3) is 0.471. The fourth-order valence-electron chi connectivity index (χ4n) is 3.95. The summed E-state index contributed by atoms with van der Waals surface area (Å²) in [4.78, 5) is 4.59. The van der Waals surface area contributed by atoms with Crippen molar-refractivity contribution < 1.29 is 8.42 Å². The first-order chi connectivity index (χ1) is 11.1. The molecule has 2 aromatic rings. The summed E-state index contributed by atoms with van der Waals surface area (Å²) in [5.74, 6) is 0.931. The van der Waals surface area contributed by atoms with Crippen molar-refractivity contribution in [3.05, 3.63) is 36.2 Å². The molecule has 1 aromatic carbocycles. The SMILES string of the molecule is Cc1cncc2cccc(S(=O)(=O)N3CC4CCNCC4C3)c12. The number of fused-ring (bicyclic) bond motifs is 2. The Hall–Kier alpha value is -1.50. The van der Waals surface area contributed by atoms with Gasteiger partial charge >= 0.3 is 0 Å². The molecule has 5 nitrogen and oxygen atoms in total. The van der Waals surface area contributed by atoms with Gasteiger partial charge < -0.3 is 5.32 Å². The zero-order chi connectivity index (χ0) is 16.0. The number of benzene rings is 1. The Morgan fingerprint density at radius 1 is 1.22 bits per heavy atom. The van der Waals surface area contributed by atoms with Crippen molar-refractivity contribution in [2.45, 2.75) is 18.2 Å². The molecule has 1 aromatic heterocycles. The van der Waals surface area contributed by atoms with Crippen LogP contribution >= 0.6 is 0 Å². The standard InChI is InChI=1S/C17H21N3O2S/c1-12-7-19-8-13-3-2-4-16(17(12)13)23(21,22)20-10-14-5-6-18-9-15(14)11-20/h2-4,7-8,14-15,18H,5-6,9-11H2,1H3. The van der Waals surface area contributed by atoms with Gasteiger partial charge in [0.1, 0.15) is 0 Å². The van der Waals surface area contributed by atoms with E-state index in [0.29, 0.717) is 29.8 Å². The van der Waals surface area contributed by atoms with E-state index in [0.717, 1.165) is 35.8 Å². The van der Waals surface area contributed by atoms with Gasteiger partial charge in [-0.25, -0.2) is 8.42 Å². The van der Waals surface area contributed by atoms with Crippen LogP contribution in [0.1, 0.15) is 12.0 Å². The highest BCUT2D eigenvalue weighted by molar-refractivity contribution is 7.89. The summed E-state index contributed by atoms with van der Waals surface area (Å²) in [7, 11) is -3.47. The van der Waals surface area contributed by atoms with Gasteiger partial charge in [0.05, 0.1) is 4.90 Å². The Morgan fingerprint density at radius 2 is 2.04 bits per heavy atom. The Labute approximate surface area is 136 Å². The molecule has 3 heterocycles. The van der Waals surface area contributed by atoms with Gasteiger partial charge in [-0.3, -0.25) is 4.98 Å². The normalized spacial score (nSPS) is 25.6. The lowest BCUT2D eigenvalue weighted by Crippen LogP contribution is -2.35. The van der Waals surface area contributed by atoms with E-state index in [1.165, 1.54) is 0 Å². The minimum absolute atomic E-state index is 0.418. The van der Waals surface area contributed by atoms with Gasteiger partial charge in [0.2, 0.25) is 10.0 Å². The number of rotatable bonds is 2. The molecule has 2 aliphatic heterocycles. The molecule has 0 radical (unpaired) electrons. The number of sulfonamides is 1. The van der Waals surface area contributed by atoms with Crippen molar-refractivity contribution in [1.29, 1.82) is 0 Å². The van der Waals surface area contributed by atoms with Crippen molar-refractivity contribution in [2.24, 2.45) is 11.8 Å². The maximum absolute atomic E-state index is 13.2. The van der Waals surface area contributed by atoms with Gasteiger partial charge in [0.25, 0.3) is 0 Å². The van der Waals surface area contributed by atoms with Gasteiger partial charge in [0.15, 0.2) is 0 Å². The highest BCUT2D eigenvalue weighted by Crippen LogP contribution is 2.34. The Morgan fingerprint density at radius 3 is 2.87 bits per heavy atom. The number of piperidine rings is 1. The minimum Gasteiger partial charge on any atom is -0.316 e. The van der Waals surface area contributed by atoms with Crippen LogP contribution in [0, 0.1) is 18.8 Å². The topological polar surface area (TPSA) is 62.3 Å². The second-order valence-electron chi connectivity index (χ2n) is 6.65. The number of pyridine rings is 1. The first-order valence-electron chi connectivity index (χ1n) is 8.11. The lowest BCUT2D eigenvalue weighted by Gasteiger charge is -2.24. The predicted octanol–water partition coefficient (Wildman–Crippen LogP) is 1.77. The number of hydrogen-bond acceptors (Lipinski definition) is 4. The lowest BCUT2D eigenvalue weighted by molar-refractivity contribution is 0.318. The highest BCUT2D eigenvalue weighted by atomic mass is 32.2. The van der Waals surface area contributed by atoms with Crippen LogP contribution in [-0.4, -0.2) is 43.9 Å². The third-order valence-corrected chi connectivity index (χ3v) is 7.07. The van der Waals surface area contributed by atoms with Crippen molar-refractivity contribution in [2.75, 3.05) is 26.2 Å². The van der Waals surface area contributed by atoms with Gasteiger partial charge in [-0.15, -0.1) is 0 Å². The van der Waals surface area contributed by atoms with Crippen LogP contribution in [0.3, 0.4) is 0 Å². The van der Waals surface area contributed by atoms with Crippen LogP contribution in [-0.2, 0) is 10.0 Å². The van der Waals surface area contributed by atoms with Crippen LogP contribution in [0.15, 0.2) is 35.5 Å². The second kappa shape index (κ2) is 5.54. The molecule has 0 bridgehead atoms. The zero-order valence-electron chi connectivity index (χ0n) is 13.2. The molecule has 122 valence electrons. The molecule has 1 N–H and O–H groups in total. The number of nitrogens with zero attached hydrogens (tertiary/aromatic N) is 2. The van der Waals surface area contributed by atoms with E-state index in [4.69, 9.17) is 0 Å². The second-order valence-corrected chi connectivity index (χ2v) is 8.55. The Bertz CT molecular complexity index is 831. The van der Waals surface area contributed by atoms with Crippen LogP contribution in [0.25, 0.3) is 10.8 Å². The van der Waals surface area contributed by atoms with E-state index >= 15 is 0 Å². The van der Waals surface area contributed by atoms with Crippen LogP contribution in [0.2, 0.25) is 0 Å². The van der Waals surface area contributed by atoms with E-state index in [1.807, 2.05) is 13.0 Å². The molecular formula is C17H21N3O2S. The van der Waals surface area contributed by atoms with Gasteiger partial charge in [-0.05, 0) is 49.9 Å². The number of nitrogens with one attached hydrogen (secondary N) is 1. The number of hydrogen-bond donors (Lipinski definition) is 1. The summed E-state index contributed by atoms with van der Waals surface area (Å²) in [6.07, 6.45) is 4.53. The lowest BCUT2D eigenvalue weighted by atomic mass is 9.90. The fourth-order valence-corrected chi connectivity index (χ4v) is 5.79. The van der Waals surface area contributed by atoms with Gasteiger partial charge in [-0.1, -0.05) is 12.1 Å². The molecule has 0 spiro atoms. The largest absolute Gasteiger partial charge is 0.316 e. The maximum atomic E-state index is 13.2. The van der Waals surface area contributed by atoms with Gasteiger partial charge in [0, 0.05) is 36.3 Å². The van der Waals surface area contributed by atoms with Crippen LogP contribution < -0.4 is 5.32 Å². The summed E-state index contributed by atoms with van der Waals surface area (Å²) in [5.41, 5.74) is 0.903. The van der Waals surface area contributed by atoms with Crippen molar-refractivity contribution in [3.63, 3.8) is 0 Å². The van der Waals surface area contributed by atoms with E-state index in [-0.39, 0.29) is 0 Å². The molecule has 6 heteroatoms. The molecular weight excluding hydrogens is 310 g/mol. The number of aryl methyl sites for hydroxylation is 1. The smallest absolute Gasteiger partial charge is 0.243 e. The van der Waals surface area contributed by atoms with E-state index in [2.05, 4.69) is 10.3 Å². The summed E-state index contributed by atoms with van der Waals surface area (Å²) >= 11 is 0. The Kier molecular flexibility index (Phi) is 3.63. The summed E-state index contributed by atoms with van der Waals surface area (Å²) in [6, 6.07) is 5.45. The van der Waals surface area contributed by atoms with Crippen molar-refractivity contribution >= 4 is 20.8 Å². The van der Waals surface area contributed by atoms with Crippen molar-refractivity contribution in [3.8, 4) is 0 Å². The van der Waals surface area contributed by atoms with E-state index in [9.17, 15) is 8.42 Å². The molecule has 2 aliphatic rings. The molecule has 2 unspecified atom stereocenters. The quantitative estimate of drug-likeness (QED) is 0.911. The Balaban J connectivity index is 1.78. The molecule has 2 fully saturated rings. The predicted molar refractivity (Wildman–Crippen MR) is 89.7 cm³/mol. The third-order valence-electron chi connectivity index (χ3n) is 5.19. The zero-order valence-corrected chi connectivity index (χ0v) is 14.0. The maximum Gasteiger partial charge on any atom is 0.243 e. The summed E-state index contributed by atoms with van der Waals surface area (Å²) in [5, 5.41) is 5.06. The van der Waals surface area contributed by atoms with Gasteiger partial charge in [-0.2, -0.15) is 4.31 Å². The summed E-state index contributed by atoms with van der Waals surface area (Å²) < 4.78 is 28.1. The molecule has 2 atom stereocenters. The monoisotopic (exact) mass is 331 g/mol. The van der Waals surface area contributed by atoms with Crippen molar-refractivity contribution in [1.82, 2.24) is 14.6 Å². The van der Waals surface area contributed by atoms with E-state index < -0.39 is 10.0 Å². The molecule has 23 heavy (non-hydrogen) atoms. The minimum atomic E-state index is -3.47. The summed E-state index contributed by atoms with van der Waals surface area (Å²) in [6.45, 7) is 5.11. The molecule has 4 rings (SSSR count). The van der Waals surface area contributed by atoms with Crippen LogP contribution in [0.5, 0.6) is 0 Å². The molecule has 2 saturated heterocycles. The first kappa shape index (κ1) is 15.1. The average molecular weight is 331 g/mol. The third kappa shape index (κ3) is 2.45. The van der Waals surface area contributed by atoms with E-state index in [1.54, 1.807) is 28.8 Å². The molecule has 0 saturated carbocycles. The average Bonchev–Trinajstić information content (AvgIpc) is 2.99. The first-order valence-corrected chi connectivity index (χ1v) is 9.55. The molecule has 0 aliphatic carbocycles. The molecule has 0 amide bonds. The van der Waals surface area contributed by atoms with Crippen LogP contribution in [0.4, 0.5) is 0 Å². The highest BCUT2D eigenvalue weighted by Gasteiger charge is 2.40.